The quantitative estimate of drug-likeness (QED) is 0.806. The van der Waals surface area contributed by atoms with Crippen LogP contribution >= 0.6 is 0 Å². The van der Waals surface area contributed by atoms with Crippen LogP contribution in [0.5, 0.6) is 11.5 Å². The van der Waals surface area contributed by atoms with E-state index in [9.17, 15) is 9.59 Å². The van der Waals surface area contributed by atoms with Crippen molar-refractivity contribution in [1.29, 1.82) is 0 Å². The van der Waals surface area contributed by atoms with Crippen LogP contribution in [-0.2, 0) is 9.59 Å². The number of methoxy groups -OCH3 is 1. The number of amides is 1. The second kappa shape index (κ2) is 8.19. The van der Waals surface area contributed by atoms with Crippen molar-refractivity contribution in [2.24, 2.45) is 0 Å². The molecule has 1 unspecified atom stereocenters. The Kier molecular flexibility index (Phi) is 6.00. The van der Waals surface area contributed by atoms with Gasteiger partial charge in [0, 0.05) is 5.69 Å². The predicted octanol–water partition coefficient (Wildman–Crippen LogP) is 3.21. The summed E-state index contributed by atoms with van der Waals surface area (Å²) in [6.07, 6.45) is 0. The molecule has 2 aromatic carbocycles. The molecule has 6 nitrogen and oxygen atoms in total. The average Bonchev–Trinajstić information content (AvgIpc) is 2.61. The number of carboxylic acids is 1. The molecule has 2 rings (SSSR count). The van der Waals surface area contributed by atoms with Gasteiger partial charge in [-0.1, -0.05) is 12.1 Å². The van der Waals surface area contributed by atoms with E-state index in [-0.39, 0.29) is 11.8 Å². The first kappa shape index (κ1) is 18.3. The van der Waals surface area contributed by atoms with Crippen molar-refractivity contribution in [3.05, 3.63) is 53.6 Å². The van der Waals surface area contributed by atoms with E-state index in [0.29, 0.717) is 11.4 Å². The second-order valence-corrected chi connectivity index (χ2v) is 5.64. The van der Waals surface area contributed by atoms with Crippen molar-refractivity contribution in [1.82, 2.24) is 0 Å². The molecule has 132 valence electrons. The first-order chi connectivity index (χ1) is 11.9. The van der Waals surface area contributed by atoms with E-state index in [2.05, 4.69) is 5.32 Å². The number of carboxylic acid groups (broad SMARTS) is 1. The van der Waals surface area contributed by atoms with Crippen LogP contribution in [0.25, 0.3) is 0 Å². The Labute approximate surface area is 146 Å². The molecule has 1 atom stereocenters. The lowest BCUT2D eigenvalue weighted by Crippen LogP contribution is -2.19. The van der Waals surface area contributed by atoms with Gasteiger partial charge in [-0.3, -0.25) is 4.79 Å². The van der Waals surface area contributed by atoms with Crippen LogP contribution in [0.4, 0.5) is 5.69 Å². The summed E-state index contributed by atoms with van der Waals surface area (Å²) in [5.41, 5.74) is 2.34. The smallest absolute Gasteiger partial charge is 0.341 e. The Bertz CT molecular complexity index is 755. The topological polar surface area (TPSA) is 84.9 Å². The van der Waals surface area contributed by atoms with Crippen LogP contribution in [0.2, 0.25) is 0 Å². The van der Waals surface area contributed by atoms with Crippen molar-refractivity contribution in [3.8, 4) is 11.5 Å². The van der Waals surface area contributed by atoms with E-state index in [4.69, 9.17) is 14.6 Å². The Morgan fingerprint density at radius 2 is 1.76 bits per heavy atom. The van der Waals surface area contributed by atoms with Gasteiger partial charge in [-0.05, 0) is 55.3 Å². The van der Waals surface area contributed by atoms with Gasteiger partial charge in [0.15, 0.2) is 6.61 Å². The molecular weight excluding hydrogens is 322 g/mol. The van der Waals surface area contributed by atoms with Crippen molar-refractivity contribution in [3.63, 3.8) is 0 Å². The zero-order valence-electron chi connectivity index (χ0n) is 14.4. The number of rotatable bonds is 7. The monoisotopic (exact) mass is 343 g/mol. The Balaban J connectivity index is 2.04. The summed E-state index contributed by atoms with van der Waals surface area (Å²) < 4.78 is 10.2. The van der Waals surface area contributed by atoms with E-state index in [1.807, 2.05) is 38.1 Å². The molecule has 0 radical (unpaired) electrons. The van der Waals surface area contributed by atoms with Crippen molar-refractivity contribution < 1.29 is 24.2 Å². The number of carbonyl (C=O) groups is 2. The standard InChI is InChI=1S/C19H21NO5/c1-12-10-16(25-11-18(21)22)8-9-17(12)20-19(23)13(2)14-4-6-15(24-3)7-5-14/h4-10,13H,11H2,1-3H3,(H,20,23)(H,21,22). The second-order valence-electron chi connectivity index (χ2n) is 5.64. The first-order valence-electron chi connectivity index (χ1n) is 7.80. The maximum absolute atomic E-state index is 12.5. The highest BCUT2D eigenvalue weighted by atomic mass is 16.5. The number of carbonyl (C=O) groups excluding carboxylic acids is 1. The van der Waals surface area contributed by atoms with Crippen LogP contribution in [0.15, 0.2) is 42.5 Å². The molecule has 6 heteroatoms. The van der Waals surface area contributed by atoms with E-state index < -0.39 is 12.6 Å². The minimum Gasteiger partial charge on any atom is -0.497 e. The fourth-order valence-electron chi connectivity index (χ4n) is 2.30. The van der Waals surface area contributed by atoms with Gasteiger partial charge in [0.25, 0.3) is 0 Å². The number of ether oxygens (including phenoxy) is 2. The van der Waals surface area contributed by atoms with Crippen LogP contribution in [0.3, 0.4) is 0 Å². The SMILES string of the molecule is COc1ccc(C(C)C(=O)Nc2ccc(OCC(=O)O)cc2C)cc1. The van der Waals surface area contributed by atoms with Crippen LogP contribution in [0.1, 0.15) is 24.0 Å². The van der Waals surface area contributed by atoms with Gasteiger partial charge < -0.3 is 19.9 Å². The van der Waals surface area contributed by atoms with Crippen LogP contribution in [0, 0.1) is 6.92 Å². The Morgan fingerprint density at radius 1 is 1.12 bits per heavy atom. The fourth-order valence-corrected chi connectivity index (χ4v) is 2.30. The summed E-state index contributed by atoms with van der Waals surface area (Å²) in [5.74, 6) is -0.311. The van der Waals surface area contributed by atoms with E-state index in [0.717, 1.165) is 16.9 Å². The van der Waals surface area contributed by atoms with Gasteiger partial charge in [-0.2, -0.15) is 0 Å². The zero-order chi connectivity index (χ0) is 18.4. The molecule has 2 N–H and O–H groups in total. The first-order valence-corrected chi connectivity index (χ1v) is 7.80. The molecule has 0 aromatic heterocycles. The molecule has 0 saturated heterocycles. The molecule has 1 amide bonds. The Hall–Kier alpha value is -3.02. The number of nitrogens with one attached hydrogen (secondary N) is 1. The lowest BCUT2D eigenvalue weighted by molar-refractivity contribution is -0.139. The van der Waals surface area contributed by atoms with Gasteiger partial charge in [-0.25, -0.2) is 4.79 Å². The zero-order valence-corrected chi connectivity index (χ0v) is 14.4. The molecule has 0 spiro atoms. The van der Waals surface area contributed by atoms with Crippen molar-refractivity contribution >= 4 is 17.6 Å². The molecule has 2 aromatic rings. The summed E-state index contributed by atoms with van der Waals surface area (Å²) in [5, 5.41) is 11.5. The summed E-state index contributed by atoms with van der Waals surface area (Å²) in [6, 6.07) is 12.4. The summed E-state index contributed by atoms with van der Waals surface area (Å²) >= 11 is 0. The van der Waals surface area contributed by atoms with Gasteiger partial charge in [0.05, 0.1) is 13.0 Å². The summed E-state index contributed by atoms with van der Waals surface area (Å²) in [4.78, 5) is 23.0. The maximum atomic E-state index is 12.5. The predicted molar refractivity (Wildman–Crippen MR) is 94.3 cm³/mol. The van der Waals surface area contributed by atoms with Crippen molar-refractivity contribution in [2.75, 3.05) is 19.0 Å². The van der Waals surface area contributed by atoms with Crippen LogP contribution in [-0.4, -0.2) is 30.7 Å². The minimum absolute atomic E-state index is 0.132. The number of anilines is 1. The van der Waals surface area contributed by atoms with Gasteiger partial charge in [0.2, 0.25) is 5.91 Å². The van der Waals surface area contributed by atoms with Crippen molar-refractivity contribution in [2.45, 2.75) is 19.8 Å². The highest BCUT2D eigenvalue weighted by Crippen LogP contribution is 2.24. The molecule has 0 heterocycles. The summed E-state index contributed by atoms with van der Waals surface area (Å²) in [7, 11) is 1.59. The van der Waals surface area contributed by atoms with Gasteiger partial charge in [-0.15, -0.1) is 0 Å². The molecule has 0 bridgehead atoms. The minimum atomic E-state index is -1.04. The van der Waals surface area contributed by atoms with Gasteiger partial charge >= 0.3 is 5.97 Å². The largest absolute Gasteiger partial charge is 0.497 e. The van der Waals surface area contributed by atoms with Gasteiger partial charge in [0.1, 0.15) is 11.5 Å². The molecular formula is C19H21NO5. The van der Waals surface area contributed by atoms with E-state index in [1.165, 1.54) is 0 Å². The third kappa shape index (κ3) is 4.97. The number of aryl methyl sites for hydroxylation is 1. The normalized spacial score (nSPS) is 11.5. The molecule has 25 heavy (non-hydrogen) atoms. The average molecular weight is 343 g/mol. The lowest BCUT2D eigenvalue weighted by Gasteiger charge is -2.15. The maximum Gasteiger partial charge on any atom is 0.341 e. The fraction of sp³-hybridized carbons (Fsp3) is 0.263. The molecule has 0 aliphatic heterocycles. The highest BCUT2D eigenvalue weighted by molar-refractivity contribution is 5.96. The summed E-state index contributed by atoms with van der Waals surface area (Å²) in [6.45, 7) is 3.25. The molecule has 0 aliphatic carbocycles. The third-order valence-electron chi connectivity index (χ3n) is 3.83. The number of aliphatic carboxylic acids is 1. The lowest BCUT2D eigenvalue weighted by atomic mass is 10.00. The van der Waals surface area contributed by atoms with Crippen LogP contribution < -0.4 is 14.8 Å². The number of benzene rings is 2. The molecule has 0 saturated carbocycles. The molecule has 0 fully saturated rings. The molecule has 0 aliphatic rings. The number of hydrogen-bond donors (Lipinski definition) is 2. The Morgan fingerprint density at radius 3 is 2.32 bits per heavy atom. The van der Waals surface area contributed by atoms with E-state index in [1.54, 1.807) is 25.3 Å². The highest BCUT2D eigenvalue weighted by Gasteiger charge is 2.16. The van der Waals surface area contributed by atoms with E-state index >= 15 is 0 Å². The third-order valence-corrected chi connectivity index (χ3v) is 3.83. The number of hydrogen-bond acceptors (Lipinski definition) is 4.